The molecule has 0 spiro atoms. The van der Waals surface area contributed by atoms with Gasteiger partial charge in [-0.3, -0.25) is 9.59 Å². The van der Waals surface area contributed by atoms with E-state index < -0.39 is 0 Å². The third-order valence-corrected chi connectivity index (χ3v) is 13.5. The summed E-state index contributed by atoms with van der Waals surface area (Å²) in [6, 6.07) is 42.2. The van der Waals surface area contributed by atoms with Crippen LogP contribution < -0.4 is 15.1 Å². The Morgan fingerprint density at radius 3 is 2.14 bits per heavy atom. The summed E-state index contributed by atoms with van der Waals surface area (Å²) in [5, 5.41) is 8.16. The van der Waals surface area contributed by atoms with E-state index in [1.54, 1.807) is 4.90 Å². The molecule has 0 atom stereocenters. The molecule has 0 radical (unpaired) electrons. The van der Waals surface area contributed by atoms with E-state index in [0.717, 1.165) is 48.2 Å². The summed E-state index contributed by atoms with van der Waals surface area (Å²) in [5.74, 6) is 6.47. The van der Waals surface area contributed by atoms with Crippen LogP contribution in [0.4, 0.5) is 17.1 Å². The zero-order chi connectivity index (χ0) is 44.4. The average Bonchev–Trinajstić information content (AvgIpc) is 3.63. The predicted molar refractivity (Wildman–Crippen MR) is 265 cm³/mol. The Hall–Kier alpha value is -6.97. The lowest BCUT2D eigenvalue weighted by Crippen LogP contribution is -2.35. The Morgan fingerprint density at radius 2 is 1.34 bits per heavy atom. The van der Waals surface area contributed by atoms with Gasteiger partial charge in [-0.05, 0) is 95.8 Å². The molecular weight excluding hydrogens is 785 g/mol. The highest BCUT2D eigenvalue weighted by atomic mass is 16.2. The highest BCUT2D eigenvalue weighted by Crippen LogP contribution is 2.51. The number of carbonyl (C=O) groups is 2. The molecule has 0 unspecified atom stereocenters. The number of benzene rings is 6. The quantitative estimate of drug-likeness (QED) is 0.0578. The van der Waals surface area contributed by atoms with Gasteiger partial charge in [-0.25, -0.2) is 0 Å². The van der Waals surface area contributed by atoms with Crippen LogP contribution in [-0.4, -0.2) is 42.2 Å². The first-order valence-electron chi connectivity index (χ1n) is 22.8. The fourth-order valence-corrected chi connectivity index (χ4v) is 10.3. The zero-order valence-electron chi connectivity index (χ0n) is 37.7. The van der Waals surface area contributed by atoms with Crippen LogP contribution in [-0.2, 0) is 27.0 Å². The standard InChI is InChI=1S/C58H56N4O2/c1-57(2)51(60(5)49-35-33-42-21-13-16-25-46(42)55(49)57)28-8-6-9-29-52-58(3,4)56-47-26-17-14-22-43(47)34-36-50(56)61(52)39-19-7-10-30-53(63)59-38-37-54(64)62-40-45-24-12-11-20-41(45)31-32-44-23-15-18-27-48(44)62/h6,8-9,11-18,20-29,33-36H,7,10,19,30,37-40H2,1-5H3/p+1. The first kappa shape index (κ1) is 42.3. The molecule has 320 valence electrons. The van der Waals surface area contributed by atoms with Gasteiger partial charge in [-0.15, -0.1) is 0 Å². The fourth-order valence-electron chi connectivity index (χ4n) is 10.3. The smallest absolute Gasteiger partial charge is 0.229 e. The summed E-state index contributed by atoms with van der Waals surface area (Å²) in [6.07, 6.45) is 14.4. The van der Waals surface area contributed by atoms with Crippen molar-refractivity contribution >= 4 is 56.1 Å². The van der Waals surface area contributed by atoms with Crippen molar-refractivity contribution in [3.8, 4) is 11.8 Å². The van der Waals surface area contributed by atoms with Crippen LogP contribution in [0, 0.1) is 11.8 Å². The van der Waals surface area contributed by atoms with E-state index in [4.69, 9.17) is 0 Å². The van der Waals surface area contributed by atoms with E-state index in [2.05, 4.69) is 165 Å². The monoisotopic (exact) mass is 841 g/mol. The molecule has 9 rings (SSSR count). The third-order valence-electron chi connectivity index (χ3n) is 13.5. The Kier molecular flexibility index (Phi) is 11.7. The lowest BCUT2D eigenvalue weighted by atomic mass is 9.79. The lowest BCUT2D eigenvalue weighted by molar-refractivity contribution is -0.401. The molecule has 3 heterocycles. The van der Waals surface area contributed by atoms with Crippen molar-refractivity contribution in [1.82, 2.24) is 5.32 Å². The summed E-state index contributed by atoms with van der Waals surface area (Å²) in [5.41, 5.74) is 11.0. The molecule has 6 nitrogen and oxygen atoms in total. The Balaban J connectivity index is 0.832. The van der Waals surface area contributed by atoms with Crippen molar-refractivity contribution in [2.45, 2.75) is 77.2 Å². The molecule has 0 saturated heterocycles. The zero-order valence-corrected chi connectivity index (χ0v) is 37.7. The number of para-hydroxylation sites is 1. The molecule has 64 heavy (non-hydrogen) atoms. The fraction of sp³-hybridized carbons (Fsp3) is 0.259. The van der Waals surface area contributed by atoms with Crippen LogP contribution in [0.15, 0.2) is 157 Å². The molecule has 3 aliphatic rings. The number of nitrogens with zero attached hydrogens (tertiary/aromatic N) is 3. The van der Waals surface area contributed by atoms with Gasteiger partial charge in [0.1, 0.15) is 7.05 Å². The number of rotatable bonds is 12. The van der Waals surface area contributed by atoms with E-state index in [1.807, 2.05) is 48.5 Å². The molecule has 6 heteroatoms. The second-order valence-corrected chi connectivity index (χ2v) is 18.3. The molecule has 6 aromatic rings. The first-order chi connectivity index (χ1) is 31.0. The minimum atomic E-state index is -0.210. The maximum atomic E-state index is 13.6. The van der Waals surface area contributed by atoms with Gasteiger partial charge in [-0.1, -0.05) is 135 Å². The lowest BCUT2D eigenvalue weighted by Gasteiger charge is -2.27. The van der Waals surface area contributed by atoms with Gasteiger partial charge in [0.2, 0.25) is 17.5 Å². The number of unbranched alkanes of at least 4 members (excludes halogenated alkanes) is 2. The molecule has 0 aliphatic carbocycles. The maximum Gasteiger partial charge on any atom is 0.229 e. The topological polar surface area (TPSA) is 55.7 Å². The number of hydrogen-bond acceptors (Lipinski definition) is 3. The number of carbonyl (C=O) groups excluding carboxylic acids is 2. The van der Waals surface area contributed by atoms with E-state index in [9.17, 15) is 9.59 Å². The molecule has 3 aliphatic heterocycles. The van der Waals surface area contributed by atoms with Crippen LogP contribution in [0.25, 0.3) is 21.5 Å². The van der Waals surface area contributed by atoms with E-state index in [1.165, 1.54) is 55.5 Å². The number of anilines is 2. The highest BCUT2D eigenvalue weighted by Gasteiger charge is 2.44. The maximum absolute atomic E-state index is 13.6. The number of nitrogens with one attached hydrogen (secondary N) is 1. The normalized spacial score (nSPS) is 16.4. The molecule has 6 aromatic carbocycles. The molecule has 0 bridgehead atoms. The minimum absolute atomic E-state index is 0.0162. The number of fused-ring (bicyclic) bond motifs is 8. The Morgan fingerprint density at radius 1 is 0.672 bits per heavy atom. The number of allylic oxidation sites excluding steroid dienone is 6. The molecule has 0 aromatic heterocycles. The van der Waals surface area contributed by atoms with Crippen molar-refractivity contribution in [2.24, 2.45) is 0 Å². The summed E-state index contributed by atoms with van der Waals surface area (Å²) < 4.78 is 2.34. The van der Waals surface area contributed by atoms with Crippen molar-refractivity contribution in [3.63, 3.8) is 0 Å². The Labute approximate surface area is 378 Å². The number of amides is 2. The summed E-state index contributed by atoms with van der Waals surface area (Å²) >= 11 is 0. The van der Waals surface area contributed by atoms with Gasteiger partial charge in [0.15, 0.2) is 5.71 Å². The summed E-state index contributed by atoms with van der Waals surface area (Å²) in [6.45, 7) is 10.9. The predicted octanol–water partition coefficient (Wildman–Crippen LogP) is 11.8. The second-order valence-electron chi connectivity index (χ2n) is 18.3. The van der Waals surface area contributed by atoms with Crippen molar-refractivity contribution in [2.75, 3.05) is 29.9 Å². The van der Waals surface area contributed by atoms with E-state index in [0.29, 0.717) is 19.5 Å². The third kappa shape index (κ3) is 7.96. The average molecular weight is 842 g/mol. The van der Waals surface area contributed by atoms with Gasteiger partial charge in [0, 0.05) is 71.6 Å². The van der Waals surface area contributed by atoms with Gasteiger partial charge in [-0.2, -0.15) is 4.58 Å². The van der Waals surface area contributed by atoms with Crippen LogP contribution in [0.3, 0.4) is 0 Å². The van der Waals surface area contributed by atoms with Gasteiger partial charge in [0.05, 0.1) is 17.6 Å². The summed E-state index contributed by atoms with van der Waals surface area (Å²) in [4.78, 5) is 31.0. The minimum Gasteiger partial charge on any atom is -0.356 e. The molecule has 0 saturated carbocycles. The summed E-state index contributed by atoms with van der Waals surface area (Å²) in [7, 11) is 2.18. The molecule has 1 N–H and O–H groups in total. The van der Waals surface area contributed by atoms with Gasteiger partial charge in [0.25, 0.3) is 0 Å². The van der Waals surface area contributed by atoms with Crippen molar-refractivity contribution < 1.29 is 14.2 Å². The number of hydrogen-bond donors (Lipinski definition) is 1. The first-order valence-corrected chi connectivity index (χ1v) is 22.8. The van der Waals surface area contributed by atoms with Gasteiger partial charge < -0.3 is 15.1 Å². The van der Waals surface area contributed by atoms with Crippen LogP contribution in [0.2, 0.25) is 0 Å². The van der Waals surface area contributed by atoms with Crippen LogP contribution in [0.5, 0.6) is 0 Å². The second kappa shape index (κ2) is 17.7. The van der Waals surface area contributed by atoms with Crippen LogP contribution in [0.1, 0.15) is 87.6 Å². The largest absolute Gasteiger partial charge is 0.356 e. The molecule has 0 fully saturated rings. The van der Waals surface area contributed by atoms with Crippen molar-refractivity contribution in [3.05, 3.63) is 185 Å². The molecular formula is C58H57N4O2+. The Bertz CT molecular complexity index is 3010. The SMILES string of the molecule is C[N+]1=C(C=CC=CC=C2N(CCCCCC(=O)NCCC(=O)N3Cc4ccccc4C#Cc4ccccc43)c3ccc4ccccc4c3C2(C)C)C(C)(C)c2c1ccc1ccccc21. The highest BCUT2D eigenvalue weighted by molar-refractivity contribution is 6.07. The van der Waals surface area contributed by atoms with Gasteiger partial charge >= 0.3 is 0 Å². The van der Waals surface area contributed by atoms with Crippen LogP contribution >= 0.6 is 0 Å². The van der Waals surface area contributed by atoms with E-state index in [-0.39, 0.29) is 29.1 Å². The van der Waals surface area contributed by atoms with Crippen molar-refractivity contribution in [1.29, 1.82) is 0 Å². The molecule has 2 amide bonds. The van der Waals surface area contributed by atoms with E-state index >= 15 is 0 Å².